The van der Waals surface area contributed by atoms with Crippen molar-refractivity contribution in [3.8, 4) is 5.75 Å². The molecule has 6 heteroatoms. The fourth-order valence-electron chi connectivity index (χ4n) is 2.02. The first-order valence-corrected chi connectivity index (χ1v) is 8.28. The normalized spacial score (nSPS) is 11.3. The minimum Gasteiger partial charge on any atom is -0.496 e. The number of nitrogens with zero attached hydrogens (tertiary/aromatic N) is 1. The van der Waals surface area contributed by atoms with Gasteiger partial charge in [0.1, 0.15) is 5.75 Å². The minimum atomic E-state index is 0.624. The van der Waals surface area contributed by atoms with E-state index in [4.69, 9.17) is 16.3 Å². The highest BCUT2D eigenvalue weighted by molar-refractivity contribution is 7.09. The minimum absolute atomic E-state index is 0.624. The van der Waals surface area contributed by atoms with Crippen LogP contribution in [0.5, 0.6) is 5.75 Å². The van der Waals surface area contributed by atoms with Crippen molar-refractivity contribution in [3.63, 3.8) is 0 Å². The molecule has 0 saturated carbocycles. The quantitative estimate of drug-likeness (QED) is 0.628. The third-order valence-electron chi connectivity index (χ3n) is 3.16. The number of halogens is 1. The number of rotatable bonds is 6. The molecule has 0 fully saturated rings. The summed E-state index contributed by atoms with van der Waals surface area (Å²) in [4.78, 5) is 5.59. The van der Waals surface area contributed by atoms with E-state index in [-0.39, 0.29) is 0 Å². The Balaban J connectivity index is 1.83. The number of thiophene rings is 1. The summed E-state index contributed by atoms with van der Waals surface area (Å²) in [6.45, 7) is 1.47. The second-order valence-corrected chi connectivity index (χ2v) is 6.11. The first-order chi connectivity index (χ1) is 10.7. The zero-order chi connectivity index (χ0) is 15.8. The average molecular weight is 338 g/mol. The van der Waals surface area contributed by atoms with Crippen molar-refractivity contribution in [3.05, 3.63) is 51.2 Å². The van der Waals surface area contributed by atoms with Crippen molar-refractivity contribution in [1.82, 2.24) is 10.6 Å². The third kappa shape index (κ3) is 4.93. The molecule has 0 aliphatic rings. The van der Waals surface area contributed by atoms with Gasteiger partial charge in [0.05, 0.1) is 7.11 Å². The molecule has 0 saturated heterocycles. The van der Waals surface area contributed by atoms with E-state index in [1.54, 1.807) is 25.5 Å². The molecule has 0 aliphatic heterocycles. The van der Waals surface area contributed by atoms with Crippen LogP contribution in [0.15, 0.2) is 40.7 Å². The van der Waals surface area contributed by atoms with Gasteiger partial charge in [0.2, 0.25) is 0 Å². The highest BCUT2D eigenvalue weighted by Crippen LogP contribution is 2.22. The van der Waals surface area contributed by atoms with Crippen LogP contribution in [-0.2, 0) is 13.0 Å². The first kappa shape index (κ1) is 16.6. The number of hydrogen-bond donors (Lipinski definition) is 2. The Morgan fingerprint density at radius 2 is 2.18 bits per heavy atom. The maximum Gasteiger partial charge on any atom is 0.191 e. The molecule has 22 heavy (non-hydrogen) atoms. The zero-order valence-corrected chi connectivity index (χ0v) is 14.3. The van der Waals surface area contributed by atoms with E-state index >= 15 is 0 Å². The Bertz CT molecular complexity index is 614. The van der Waals surface area contributed by atoms with Crippen LogP contribution in [-0.4, -0.2) is 26.7 Å². The summed E-state index contributed by atoms with van der Waals surface area (Å²) in [7, 11) is 3.41. The van der Waals surface area contributed by atoms with Crippen LogP contribution >= 0.6 is 22.9 Å². The van der Waals surface area contributed by atoms with Crippen LogP contribution in [0, 0.1) is 0 Å². The molecular weight excluding hydrogens is 318 g/mol. The summed E-state index contributed by atoms with van der Waals surface area (Å²) in [5, 5.41) is 9.34. The molecule has 4 nitrogen and oxygen atoms in total. The molecule has 1 aromatic heterocycles. The van der Waals surface area contributed by atoms with Gasteiger partial charge in [-0.2, -0.15) is 0 Å². The summed E-state index contributed by atoms with van der Waals surface area (Å²) in [5.41, 5.74) is 1.04. The molecule has 0 unspecified atom stereocenters. The molecule has 0 amide bonds. The van der Waals surface area contributed by atoms with Crippen LogP contribution in [0.25, 0.3) is 0 Å². The standard InChI is InChI=1S/C16H20ClN3OS/c1-18-16(19-8-7-14-4-3-9-22-14)20-11-12-5-6-13(17)10-15(12)21-2/h3-6,9-10H,7-8,11H2,1-2H3,(H2,18,19,20). The molecule has 1 aromatic carbocycles. The van der Waals surface area contributed by atoms with Crippen molar-refractivity contribution in [2.24, 2.45) is 4.99 Å². The van der Waals surface area contributed by atoms with Crippen LogP contribution < -0.4 is 15.4 Å². The fraction of sp³-hybridized carbons (Fsp3) is 0.312. The largest absolute Gasteiger partial charge is 0.496 e. The van der Waals surface area contributed by atoms with Crippen molar-refractivity contribution in [1.29, 1.82) is 0 Å². The molecule has 0 spiro atoms. The van der Waals surface area contributed by atoms with E-state index in [1.807, 2.05) is 18.2 Å². The van der Waals surface area contributed by atoms with Crippen LogP contribution in [0.3, 0.4) is 0 Å². The van der Waals surface area contributed by atoms with Gasteiger partial charge in [-0.1, -0.05) is 23.7 Å². The predicted octanol–water partition coefficient (Wildman–Crippen LogP) is 3.32. The van der Waals surface area contributed by atoms with Gasteiger partial charge in [-0.3, -0.25) is 4.99 Å². The van der Waals surface area contributed by atoms with Gasteiger partial charge in [0.25, 0.3) is 0 Å². The molecule has 1 heterocycles. The monoisotopic (exact) mass is 337 g/mol. The lowest BCUT2D eigenvalue weighted by Gasteiger charge is -2.13. The number of hydrogen-bond acceptors (Lipinski definition) is 3. The maximum atomic E-state index is 5.97. The predicted molar refractivity (Wildman–Crippen MR) is 94.2 cm³/mol. The number of guanidine groups is 1. The number of benzene rings is 1. The number of aliphatic imine (C=N–C) groups is 1. The van der Waals surface area contributed by atoms with E-state index in [2.05, 4.69) is 33.1 Å². The first-order valence-electron chi connectivity index (χ1n) is 7.02. The summed E-state index contributed by atoms with van der Waals surface area (Å²) < 4.78 is 5.34. The molecule has 118 valence electrons. The maximum absolute atomic E-state index is 5.97. The lowest BCUT2D eigenvalue weighted by Crippen LogP contribution is -2.37. The van der Waals surface area contributed by atoms with Crippen molar-refractivity contribution < 1.29 is 4.74 Å². The van der Waals surface area contributed by atoms with Gasteiger partial charge in [-0.25, -0.2) is 0 Å². The molecule has 2 N–H and O–H groups in total. The summed E-state index contributed by atoms with van der Waals surface area (Å²) in [6.07, 6.45) is 0.989. The van der Waals surface area contributed by atoms with E-state index in [0.717, 1.165) is 30.2 Å². The molecule has 0 bridgehead atoms. The van der Waals surface area contributed by atoms with Gasteiger partial charge in [-0.05, 0) is 30.0 Å². The molecular formula is C16H20ClN3OS. The summed E-state index contributed by atoms with van der Waals surface area (Å²) >= 11 is 7.74. The summed E-state index contributed by atoms with van der Waals surface area (Å²) in [6, 6.07) is 9.83. The zero-order valence-electron chi connectivity index (χ0n) is 12.7. The van der Waals surface area contributed by atoms with E-state index in [1.165, 1.54) is 4.88 Å². The fourth-order valence-corrected chi connectivity index (χ4v) is 2.89. The smallest absolute Gasteiger partial charge is 0.191 e. The van der Waals surface area contributed by atoms with Gasteiger partial charge in [0.15, 0.2) is 5.96 Å². The van der Waals surface area contributed by atoms with Crippen LogP contribution in [0.2, 0.25) is 5.02 Å². The summed E-state index contributed by atoms with van der Waals surface area (Å²) in [5.74, 6) is 1.54. The molecule has 0 atom stereocenters. The Morgan fingerprint density at radius 3 is 2.86 bits per heavy atom. The van der Waals surface area contributed by atoms with Crippen LogP contribution in [0.1, 0.15) is 10.4 Å². The Kier molecular flexibility index (Phi) is 6.55. The van der Waals surface area contributed by atoms with Crippen molar-refractivity contribution in [2.75, 3.05) is 20.7 Å². The van der Waals surface area contributed by atoms with Gasteiger partial charge < -0.3 is 15.4 Å². The molecule has 0 radical (unpaired) electrons. The Labute approximate surface area is 140 Å². The highest BCUT2D eigenvalue weighted by Gasteiger charge is 2.05. The Hall–Kier alpha value is -1.72. The number of nitrogens with one attached hydrogen (secondary N) is 2. The second kappa shape index (κ2) is 8.66. The topological polar surface area (TPSA) is 45.7 Å². The lowest BCUT2D eigenvalue weighted by molar-refractivity contribution is 0.409. The third-order valence-corrected chi connectivity index (χ3v) is 4.33. The van der Waals surface area contributed by atoms with Crippen molar-refractivity contribution >= 4 is 28.9 Å². The van der Waals surface area contributed by atoms with E-state index in [0.29, 0.717) is 11.6 Å². The molecule has 2 rings (SSSR count). The van der Waals surface area contributed by atoms with E-state index < -0.39 is 0 Å². The number of methoxy groups -OCH3 is 1. The SMILES string of the molecule is CN=C(NCCc1cccs1)NCc1ccc(Cl)cc1OC. The molecule has 0 aliphatic carbocycles. The van der Waals surface area contributed by atoms with Gasteiger partial charge in [0, 0.05) is 35.6 Å². The van der Waals surface area contributed by atoms with Gasteiger partial charge >= 0.3 is 0 Å². The van der Waals surface area contributed by atoms with Gasteiger partial charge in [-0.15, -0.1) is 11.3 Å². The Morgan fingerprint density at radius 1 is 1.32 bits per heavy atom. The van der Waals surface area contributed by atoms with E-state index in [9.17, 15) is 0 Å². The highest BCUT2D eigenvalue weighted by atomic mass is 35.5. The molecule has 2 aromatic rings. The second-order valence-electron chi connectivity index (χ2n) is 4.64. The number of ether oxygens (including phenoxy) is 1. The van der Waals surface area contributed by atoms with Crippen LogP contribution in [0.4, 0.5) is 0 Å². The lowest BCUT2D eigenvalue weighted by atomic mass is 10.2. The average Bonchev–Trinajstić information content (AvgIpc) is 3.04. The van der Waals surface area contributed by atoms with Crippen molar-refractivity contribution in [2.45, 2.75) is 13.0 Å².